The molecule has 8 heteroatoms. The summed E-state index contributed by atoms with van der Waals surface area (Å²) in [6, 6.07) is 24.2. The molecule has 3 aromatic carbocycles. The van der Waals surface area contributed by atoms with Gasteiger partial charge >= 0.3 is 5.69 Å². The van der Waals surface area contributed by atoms with Crippen LogP contribution in [0.1, 0.15) is 19.4 Å². The van der Waals surface area contributed by atoms with E-state index >= 15 is 0 Å². The van der Waals surface area contributed by atoms with Crippen molar-refractivity contribution in [3.05, 3.63) is 105 Å². The van der Waals surface area contributed by atoms with Crippen molar-refractivity contribution in [1.82, 2.24) is 28.9 Å². The summed E-state index contributed by atoms with van der Waals surface area (Å²) in [6.07, 6.45) is 1.73. The van der Waals surface area contributed by atoms with Gasteiger partial charge in [0.25, 0.3) is 5.56 Å². The first-order chi connectivity index (χ1) is 18.4. The Morgan fingerprint density at radius 1 is 0.921 bits per heavy atom. The van der Waals surface area contributed by atoms with Gasteiger partial charge in [-0.15, -0.1) is 0 Å². The first-order valence-corrected chi connectivity index (χ1v) is 12.7. The maximum atomic E-state index is 13.6. The second-order valence-corrected chi connectivity index (χ2v) is 10.0. The molecule has 0 aliphatic heterocycles. The largest absolute Gasteiger partial charge is 0.337 e. The Hall–Kier alpha value is -4.72. The normalized spacial score (nSPS) is 11.7. The summed E-state index contributed by atoms with van der Waals surface area (Å²) in [7, 11) is 1.52. The number of aromatic nitrogens is 6. The zero-order valence-corrected chi connectivity index (χ0v) is 21.5. The van der Waals surface area contributed by atoms with Gasteiger partial charge in [-0.3, -0.25) is 18.6 Å². The molecule has 8 nitrogen and oxygen atoms in total. The highest BCUT2D eigenvalue weighted by atomic mass is 16.2. The van der Waals surface area contributed by atoms with Gasteiger partial charge in [0.15, 0.2) is 5.65 Å². The molecule has 38 heavy (non-hydrogen) atoms. The van der Waals surface area contributed by atoms with E-state index in [0.717, 1.165) is 21.9 Å². The van der Waals surface area contributed by atoms with Crippen LogP contribution >= 0.6 is 0 Å². The lowest BCUT2D eigenvalue weighted by Gasteiger charge is -2.10. The smallest absolute Gasteiger partial charge is 0.332 e. The predicted molar refractivity (Wildman–Crippen MR) is 150 cm³/mol. The number of nitrogens with one attached hydrogen (secondary N) is 1. The number of rotatable bonds is 6. The highest BCUT2D eigenvalue weighted by Gasteiger charge is 2.24. The van der Waals surface area contributed by atoms with E-state index in [-0.39, 0.29) is 17.2 Å². The molecule has 0 saturated carbocycles. The Bertz CT molecular complexity index is 1900. The molecule has 0 aliphatic carbocycles. The molecule has 0 aliphatic rings. The van der Waals surface area contributed by atoms with Gasteiger partial charge in [0.2, 0.25) is 0 Å². The molecule has 3 heterocycles. The molecule has 3 aromatic heterocycles. The lowest BCUT2D eigenvalue weighted by Crippen LogP contribution is -2.38. The topological polar surface area (TPSA) is 90.5 Å². The second kappa shape index (κ2) is 9.30. The van der Waals surface area contributed by atoms with E-state index in [1.807, 2.05) is 67.1 Å². The zero-order valence-electron chi connectivity index (χ0n) is 21.5. The van der Waals surface area contributed by atoms with E-state index in [2.05, 4.69) is 34.2 Å². The van der Waals surface area contributed by atoms with Gasteiger partial charge in [0, 0.05) is 19.2 Å². The number of hydrogen-bond donors (Lipinski definition) is 1. The van der Waals surface area contributed by atoms with E-state index in [4.69, 9.17) is 5.10 Å². The van der Waals surface area contributed by atoms with E-state index in [0.29, 0.717) is 41.3 Å². The monoisotopic (exact) mass is 504 g/mol. The van der Waals surface area contributed by atoms with Crippen molar-refractivity contribution < 1.29 is 0 Å². The molecule has 1 N–H and O–H groups in total. The van der Waals surface area contributed by atoms with Crippen LogP contribution in [-0.4, -0.2) is 28.9 Å². The SMILES string of the molecule is CC(C)Cn1c(=O)n(C)c(=O)c2c(-c3cnc(-c4ccccc4)[nH]3)n(Cc3cccc4ccccc34)nc21. The van der Waals surface area contributed by atoms with E-state index < -0.39 is 0 Å². The Balaban J connectivity index is 1.63. The average molecular weight is 505 g/mol. The number of imidazole rings is 1. The molecule has 0 bridgehead atoms. The lowest BCUT2D eigenvalue weighted by atomic mass is 10.0. The number of nitrogens with zero attached hydrogens (tertiary/aromatic N) is 5. The summed E-state index contributed by atoms with van der Waals surface area (Å²) in [5.74, 6) is 0.885. The van der Waals surface area contributed by atoms with Crippen LogP contribution in [-0.2, 0) is 20.1 Å². The van der Waals surface area contributed by atoms with Crippen molar-refractivity contribution in [2.24, 2.45) is 13.0 Å². The van der Waals surface area contributed by atoms with Crippen LogP contribution < -0.4 is 11.2 Å². The van der Waals surface area contributed by atoms with Crippen LogP contribution in [0.25, 0.3) is 44.6 Å². The molecule has 0 radical (unpaired) electrons. The summed E-state index contributed by atoms with van der Waals surface area (Å²) >= 11 is 0. The molecule has 0 amide bonds. The zero-order chi connectivity index (χ0) is 26.4. The predicted octanol–water partition coefficient (Wildman–Crippen LogP) is 4.81. The summed E-state index contributed by atoms with van der Waals surface area (Å²) in [5, 5.41) is 7.55. The third-order valence-corrected chi connectivity index (χ3v) is 6.85. The maximum Gasteiger partial charge on any atom is 0.332 e. The molecule has 0 atom stereocenters. The van der Waals surface area contributed by atoms with Crippen LogP contribution in [0.3, 0.4) is 0 Å². The first kappa shape index (κ1) is 23.7. The van der Waals surface area contributed by atoms with Crippen LogP contribution in [0.5, 0.6) is 0 Å². The molecule has 0 spiro atoms. The minimum Gasteiger partial charge on any atom is -0.337 e. The van der Waals surface area contributed by atoms with Crippen molar-refractivity contribution in [1.29, 1.82) is 0 Å². The van der Waals surface area contributed by atoms with Gasteiger partial charge in [-0.25, -0.2) is 9.78 Å². The van der Waals surface area contributed by atoms with Gasteiger partial charge in [0.05, 0.1) is 18.4 Å². The number of benzene rings is 3. The summed E-state index contributed by atoms with van der Waals surface area (Å²) in [6.45, 7) is 4.95. The second-order valence-electron chi connectivity index (χ2n) is 10.0. The summed E-state index contributed by atoms with van der Waals surface area (Å²) < 4.78 is 4.61. The maximum absolute atomic E-state index is 13.6. The fourth-order valence-corrected chi connectivity index (χ4v) is 5.06. The molecule has 190 valence electrons. The van der Waals surface area contributed by atoms with Crippen molar-refractivity contribution in [2.75, 3.05) is 0 Å². The summed E-state index contributed by atoms with van der Waals surface area (Å²) in [4.78, 5) is 34.8. The first-order valence-electron chi connectivity index (χ1n) is 12.7. The lowest BCUT2D eigenvalue weighted by molar-refractivity contribution is 0.498. The molecule has 0 saturated heterocycles. The van der Waals surface area contributed by atoms with Gasteiger partial charge in [-0.2, -0.15) is 5.10 Å². The van der Waals surface area contributed by atoms with E-state index in [1.165, 1.54) is 11.6 Å². The van der Waals surface area contributed by atoms with Gasteiger partial charge in [-0.05, 0) is 22.3 Å². The van der Waals surface area contributed by atoms with Crippen LogP contribution in [0.4, 0.5) is 0 Å². The Labute approximate surface area is 218 Å². The number of aromatic amines is 1. The third-order valence-electron chi connectivity index (χ3n) is 6.85. The van der Waals surface area contributed by atoms with Gasteiger partial charge < -0.3 is 4.98 Å². The molecular weight excluding hydrogens is 476 g/mol. The highest BCUT2D eigenvalue weighted by Crippen LogP contribution is 2.29. The van der Waals surface area contributed by atoms with E-state index in [9.17, 15) is 9.59 Å². The van der Waals surface area contributed by atoms with Crippen LogP contribution in [0, 0.1) is 5.92 Å². The molecule has 6 aromatic rings. The standard InChI is InChI=1S/C30H28N6O2/c1-19(2)17-35-28-25(29(37)34(3)30(35)38)26(24-16-31-27(32-24)21-11-5-4-6-12-21)36(33-28)18-22-14-9-13-20-10-7-8-15-23(20)22/h4-16,19H,17-18H2,1-3H3,(H,31,32). The van der Waals surface area contributed by atoms with Gasteiger partial charge in [-0.1, -0.05) is 86.6 Å². The van der Waals surface area contributed by atoms with Crippen molar-refractivity contribution in [3.8, 4) is 22.8 Å². The fourth-order valence-electron chi connectivity index (χ4n) is 5.06. The van der Waals surface area contributed by atoms with Crippen LogP contribution in [0.2, 0.25) is 0 Å². The molecule has 0 unspecified atom stereocenters. The van der Waals surface area contributed by atoms with Crippen molar-refractivity contribution >= 4 is 21.8 Å². The highest BCUT2D eigenvalue weighted by molar-refractivity contribution is 5.91. The molecule has 6 rings (SSSR count). The number of hydrogen-bond acceptors (Lipinski definition) is 4. The van der Waals surface area contributed by atoms with Gasteiger partial charge in [0.1, 0.15) is 16.9 Å². The molecular formula is C30H28N6O2. The van der Waals surface area contributed by atoms with Crippen molar-refractivity contribution in [2.45, 2.75) is 26.9 Å². The minimum atomic E-state index is -0.375. The van der Waals surface area contributed by atoms with E-state index in [1.54, 1.807) is 10.8 Å². The van der Waals surface area contributed by atoms with Crippen molar-refractivity contribution in [3.63, 3.8) is 0 Å². The average Bonchev–Trinajstić information content (AvgIpc) is 3.56. The number of H-pyrrole nitrogens is 1. The third kappa shape index (κ3) is 3.94. The fraction of sp³-hybridized carbons (Fsp3) is 0.200. The Morgan fingerprint density at radius 2 is 1.66 bits per heavy atom. The summed E-state index contributed by atoms with van der Waals surface area (Å²) in [5.41, 5.74) is 2.92. The Kier molecular flexibility index (Phi) is 5.79. The minimum absolute atomic E-state index is 0.192. The van der Waals surface area contributed by atoms with Crippen LogP contribution in [0.15, 0.2) is 88.6 Å². The number of fused-ring (bicyclic) bond motifs is 2. The Morgan fingerprint density at radius 3 is 2.45 bits per heavy atom. The molecule has 0 fully saturated rings. The quantitative estimate of drug-likeness (QED) is 0.352.